The first-order valence-corrected chi connectivity index (χ1v) is 7.77. The van der Waals surface area contributed by atoms with Gasteiger partial charge in [0.25, 0.3) is 11.8 Å². The molecule has 1 fully saturated rings. The number of hydrogen-bond acceptors (Lipinski definition) is 5. The normalized spacial score (nSPS) is 26.4. The van der Waals surface area contributed by atoms with Crippen LogP contribution in [0.25, 0.3) is 0 Å². The predicted octanol–water partition coefficient (Wildman–Crippen LogP) is 0.362. The number of thioether (sulfide) groups is 1. The highest BCUT2D eigenvalue weighted by Crippen LogP contribution is 2.35. The minimum absolute atomic E-state index is 0.0686. The van der Waals surface area contributed by atoms with E-state index in [1.807, 2.05) is 20.8 Å². The van der Waals surface area contributed by atoms with Gasteiger partial charge in [-0.2, -0.15) is 0 Å². The number of aliphatic hydroxyl groups excluding tert-OH is 1. The van der Waals surface area contributed by atoms with E-state index in [1.54, 1.807) is 0 Å². The van der Waals surface area contributed by atoms with Gasteiger partial charge in [0.05, 0.1) is 5.25 Å². The van der Waals surface area contributed by atoms with E-state index < -0.39 is 6.23 Å². The van der Waals surface area contributed by atoms with E-state index in [0.29, 0.717) is 6.42 Å². The molecule has 0 saturated carbocycles. The van der Waals surface area contributed by atoms with Gasteiger partial charge in [0, 0.05) is 36.4 Å². The van der Waals surface area contributed by atoms with E-state index in [4.69, 9.17) is 0 Å². The fourth-order valence-electron chi connectivity index (χ4n) is 2.40. The fourth-order valence-corrected chi connectivity index (χ4v) is 3.75. The minimum Gasteiger partial charge on any atom is -0.373 e. The molecule has 0 spiro atoms. The van der Waals surface area contributed by atoms with Crippen molar-refractivity contribution in [3.05, 3.63) is 12.2 Å². The number of imide groups is 1. The lowest BCUT2D eigenvalue weighted by atomic mass is 10.3. The van der Waals surface area contributed by atoms with Gasteiger partial charge in [-0.25, -0.2) is 0 Å². The summed E-state index contributed by atoms with van der Waals surface area (Å²) in [4.78, 5) is 37.6. The summed E-state index contributed by atoms with van der Waals surface area (Å²) in [5.74, 6) is -0.877. The van der Waals surface area contributed by atoms with Crippen molar-refractivity contribution in [2.75, 3.05) is 13.1 Å². The van der Waals surface area contributed by atoms with E-state index in [-0.39, 0.29) is 40.8 Å². The Bertz CT molecular complexity index is 480. The largest absolute Gasteiger partial charge is 0.373 e. The van der Waals surface area contributed by atoms with Crippen molar-refractivity contribution in [1.29, 1.82) is 0 Å². The first kappa shape index (κ1) is 16.0. The zero-order valence-electron chi connectivity index (χ0n) is 12.4. The Kier molecular flexibility index (Phi) is 4.43. The monoisotopic (exact) mass is 312 g/mol. The van der Waals surface area contributed by atoms with Crippen molar-refractivity contribution < 1.29 is 19.5 Å². The van der Waals surface area contributed by atoms with Gasteiger partial charge in [-0.3, -0.25) is 19.3 Å². The molecule has 1 saturated heterocycles. The van der Waals surface area contributed by atoms with Crippen LogP contribution in [0.1, 0.15) is 27.2 Å². The number of aliphatic hydroxyl groups is 1. The number of nitrogens with zero attached hydrogens (tertiary/aromatic N) is 2. The topological polar surface area (TPSA) is 77.9 Å². The van der Waals surface area contributed by atoms with E-state index in [9.17, 15) is 19.5 Å². The molecule has 21 heavy (non-hydrogen) atoms. The number of amides is 3. The SMILES string of the molecule is CC(C)(C)SC1CC(O)N(CCN2C(=O)C=CC2=O)C1=O. The molecule has 1 N–H and O–H groups in total. The quantitative estimate of drug-likeness (QED) is 0.759. The summed E-state index contributed by atoms with van der Waals surface area (Å²) >= 11 is 1.53. The molecule has 3 amide bonds. The van der Waals surface area contributed by atoms with Crippen molar-refractivity contribution in [3.63, 3.8) is 0 Å². The van der Waals surface area contributed by atoms with Crippen LogP contribution in [0, 0.1) is 0 Å². The predicted molar refractivity (Wildman–Crippen MR) is 79.3 cm³/mol. The lowest BCUT2D eigenvalue weighted by Crippen LogP contribution is -2.42. The average molecular weight is 312 g/mol. The Morgan fingerprint density at radius 1 is 1.19 bits per heavy atom. The zero-order valence-corrected chi connectivity index (χ0v) is 13.2. The third-order valence-corrected chi connectivity index (χ3v) is 4.69. The molecular weight excluding hydrogens is 292 g/mol. The molecule has 6 nitrogen and oxygen atoms in total. The molecule has 7 heteroatoms. The molecule has 2 aliphatic rings. The molecular formula is C14H20N2O4S. The number of likely N-dealkylation sites (tertiary alicyclic amines) is 1. The van der Waals surface area contributed by atoms with Gasteiger partial charge in [-0.05, 0) is 0 Å². The fraction of sp³-hybridized carbons (Fsp3) is 0.643. The molecule has 0 aromatic carbocycles. The molecule has 2 atom stereocenters. The molecule has 116 valence electrons. The number of carbonyl (C=O) groups is 3. The van der Waals surface area contributed by atoms with Crippen molar-refractivity contribution in [3.8, 4) is 0 Å². The first-order valence-electron chi connectivity index (χ1n) is 6.89. The Balaban J connectivity index is 1.93. The van der Waals surface area contributed by atoms with Crippen molar-refractivity contribution in [1.82, 2.24) is 9.80 Å². The van der Waals surface area contributed by atoms with E-state index in [1.165, 1.54) is 28.8 Å². The minimum atomic E-state index is -0.849. The summed E-state index contributed by atoms with van der Waals surface area (Å²) in [6, 6.07) is 0. The molecule has 2 unspecified atom stereocenters. The molecule has 0 aromatic heterocycles. The van der Waals surface area contributed by atoms with Gasteiger partial charge >= 0.3 is 0 Å². The highest BCUT2D eigenvalue weighted by molar-refractivity contribution is 8.01. The van der Waals surface area contributed by atoms with Crippen molar-refractivity contribution in [2.45, 2.75) is 43.4 Å². The van der Waals surface area contributed by atoms with Crippen LogP contribution in [-0.4, -0.2) is 61.9 Å². The molecule has 2 aliphatic heterocycles. The highest BCUT2D eigenvalue weighted by Gasteiger charge is 2.41. The molecule has 2 rings (SSSR count). The zero-order chi connectivity index (χ0) is 15.8. The summed E-state index contributed by atoms with van der Waals surface area (Å²) in [7, 11) is 0. The van der Waals surface area contributed by atoms with Crippen molar-refractivity contribution >= 4 is 29.5 Å². The maximum Gasteiger partial charge on any atom is 0.253 e. The highest BCUT2D eigenvalue weighted by atomic mass is 32.2. The van der Waals surface area contributed by atoms with E-state index in [2.05, 4.69) is 0 Å². The Hall–Kier alpha value is -1.34. The maximum atomic E-state index is 12.3. The van der Waals surface area contributed by atoms with E-state index in [0.717, 1.165) is 4.90 Å². The van der Waals surface area contributed by atoms with Gasteiger partial charge in [0.1, 0.15) is 6.23 Å². The van der Waals surface area contributed by atoms with Crippen LogP contribution in [0.15, 0.2) is 12.2 Å². The lowest BCUT2D eigenvalue weighted by Gasteiger charge is -2.24. The Morgan fingerprint density at radius 2 is 1.76 bits per heavy atom. The maximum absolute atomic E-state index is 12.3. The lowest BCUT2D eigenvalue weighted by molar-refractivity contribution is -0.140. The summed E-state index contributed by atoms with van der Waals surface area (Å²) in [6.07, 6.45) is 1.95. The average Bonchev–Trinajstić information content (AvgIpc) is 2.79. The first-order chi connectivity index (χ1) is 9.69. The Labute approximate surface area is 128 Å². The number of hydrogen-bond donors (Lipinski definition) is 1. The van der Waals surface area contributed by atoms with Gasteiger partial charge in [-0.1, -0.05) is 20.8 Å². The third kappa shape index (κ3) is 3.65. The molecule has 0 aliphatic carbocycles. The van der Waals surface area contributed by atoms with Crippen LogP contribution in [0.4, 0.5) is 0 Å². The molecule has 0 bridgehead atoms. The van der Waals surface area contributed by atoms with Gasteiger partial charge in [0.2, 0.25) is 5.91 Å². The van der Waals surface area contributed by atoms with Gasteiger partial charge < -0.3 is 10.0 Å². The second kappa shape index (κ2) is 5.81. The summed E-state index contributed by atoms with van der Waals surface area (Å²) in [5.41, 5.74) is 0. The van der Waals surface area contributed by atoms with Crippen LogP contribution < -0.4 is 0 Å². The number of carbonyl (C=O) groups excluding carboxylic acids is 3. The second-order valence-electron chi connectivity index (χ2n) is 6.13. The number of rotatable bonds is 4. The second-order valence-corrected chi connectivity index (χ2v) is 8.16. The molecule has 0 aromatic rings. The van der Waals surface area contributed by atoms with E-state index >= 15 is 0 Å². The molecule has 2 heterocycles. The third-order valence-electron chi connectivity index (χ3n) is 3.30. The smallest absolute Gasteiger partial charge is 0.253 e. The van der Waals surface area contributed by atoms with Crippen LogP contribution in [0.5, 0.6) is 0 Å². The van der Waals surface area contributed by atoms with Crippen LogP contribution >= 0.6 is 11.8 Å². The standard InChI is InChI=1S/C14H20N2O4S/c1-14(2,3)21-9-8-12(19)16(13(9)20)7-6-15-10(17)4-5-11(15)18/h4-5,9,12,19H,6-8H2,1-3H3. The van der Waals surface area contributed by atoms with Crippen molar-refractivity contribution in [2.24, 2.45) is 0 Å². The van der Waals surface area contributed by atoms with Crippen LogP contribution in [-0.2, 0) is 14.4 Å². The summed E-state index contributed by atoms with van der Waals surface area (Å²) < 4.78 is -0.0686. The van der Waals surface area contributed by atoms with Crippen LogP contribution in [0.2, 0.25) is 0 Å². The van der Waals surface area contributed by atoms with Gasteiger partial charge in [0.15, 0.2) is 0 Å². The van der Waals surface area contributed by atoms with Crippen LogP contribution in [0.3, 0.4) is 0 Å². The summed E-state index contributed by atoms with van der Waals surface area (Å²) in [5, 5.41) is 9.75. The van der Waals surface area contributed by atoms with Gasteiger partial charge in [-0.15, -0.1) is 11.8 Å². The molecule has 0 radical (unpaired) electrons. The Morgan fingerprint density at radius 3 is 2.29 bits per heavy atom. The summed E-state index contributed by atoms with van der Waals surface area (Å²) in [6.45, 7) is 6.34.